The maximum atomic E-state index is 14.0. The van der Waals surface area contributed by atoms with Gasteiger partial charge in [0, 0.05) is 55.0 Å². The molecule has 1 aromatic heterocycles. The highest BCUT2D eigenvalue weighted by molar-refractivity contribution is 6.31. The van der Waals surface area contributed by atoms with Crippen LogP contribution in [0.4, 0.5) is 5.69 Å². The SMILES string of the molecule is COc1cc(OC)c2c(=O)c(OCCCCN3CCN(C(=O)c4cc(Cl)ccc4[N+](=O)[O-])CC3)c(-c3cc(OC)c(OC)c(OC)c3)oc2c1. The lowest BCUT2D eigenvalue weighted by molar-refractivity contribution is -0.385. The number of hydrogen-bond donors (Lipinski definition) is 0. The molecular weight excluding hydrogens is 674 g/mol. The summed E-state index contributed by atoms with van der Waals surface area (Å²) in [6.45, 7) is 2.97. The number of nitro benzene ring substituents is 1. The molecule has 1 aliphatic heterocycles. The normalized spacial score (nSPS) is 13.2. The topological polar surface area (TPSA) is 152 Å². The van der Waals surface area contributed by atoms with E-state index < -0.39 is 16.3 Å². The minimum absolute atomic E-state index is 0.00234. The largest absolute Gasteiger partial charge is 0.496 e. The second kappa shape index (κ2) is 16.0. The predicted octanol–water partition coefficient (Wildman–Crippen LogP) is 5.68. The Morgan fingerprint density at radius 1 is 0.860 bits per heavy atom. The summed E-state index contributed by atoms with van der Waals surface area (Å²) in [5.41, 5.74) is -0.00580. The molecule has 2 heterocycles. The van der Waals surface area contributed by atoms with Gasteiger partial charge in [-0.2, -0.15) is 0 Å². The zero-order chi connectivity index (χ0) is 35.9. The average Bonchev–Trinajstić information content (AvgIpc) is 3.13. The zero-order valence-corrected chi connectivity index (χ0v) is 29.2. The van der Waals surface area contributed by atoms with E-state index in [1.165, 1.54) is 53.7 Å². The molecule has 0 N–H and O–H groups in total. The highest BCUT2D eigenvalue weighted by Gasteiger charge is 2.28. The molecule has 1 aliphatic rings. The van der Waals surface area contributed by atoms with Crippen LogP contribution in [0, 0.1) is 10.1 Å². The molecule has 1 amide bonds. The van der Waals surface area contributed by atoms with E-state index in [1.54, 1.807) is 29.2 Å². The number of nitro groups is 1. The van der Waals surface area contributed by atoms with Gasteiger partial charge < -0.3 is 37.7 Å². The molecule has 50 heavy (non-hydrogen) atoms. The van der Waals surface area contributed by atoms with Gasteiger partial charge in [-0.05, 0) is 43.7 Å². The maximum absolute atomic E-state index is 14.0. The molecule has 3 aromatic carbocycles. The fraction of sp³-hybridized carbons (Fsp3) is 0.371. The summed E-state index contributed by atoms with van der Waals surface area (Å²) in [5, 5.41) is 11.9. The first-order chi connectivity index (χ1) is 24.1. The molecule has 0 aliphatic carbocycles. The number of nitrogens with zero attached hydrogens (tertiary/aromatic N) is 3. The summed E-state index contributed by atoms with van der Waals surface area (Å²) < 4.78 is 40.0. The average molecular weight is 712 g/mol. The number of methoxy groups -OCH3 is 5. The third-order valence-electron chi connectivity index (χ3n) is 8.43. The number of piperazine rings is 1. The number of carbonyl (C=O) groups is 1. The highest BCUT2D eigenvalue weighted by atomic mass is 35.5. The number of ether oxygens (including phenoxy) is 6. The summed E-state index contributed by atoms with van der Waals surface area (Å²) in [7, 11) is 7.45. The summed E-state index contributed by atoms with van der Waals surface area (Å²) >= 11 is 6.03. The van der Waals surface area contributed by atoms with Crippen LogP contribution in [0.15, 0.2) is 51.7 Å². The third kappa shape index (κ3) is 7.50. The molecule has 1 fully saturated rings. The van der Waals surface area contributed by atoms with Crippen molar-refractivity contribution in [1.82, 2.24) is 9.80 Å². The van der Waals surface area contributed by atoms with E-state index in [2.05, 4.69) is 4.90 Å². The maximum Gasteiger partial charge on any atom is 0.282 e. The van der Waals surface area contributed by atoms with Crippen molar-refractivity contribution in [2.75, 3.05) is 74.9 Å². The number of hydrogen-bond acceptors (Lipinski definition) is 12. The van der Waals surface area contributed by atoms with Crippen molar-refractivity contribution in [1.29, 1.82) is 0 Å². The van der Waals surface area contributed by atoms with Gasteiger partial charge in [0.15, 0.2) is 17.3 Å². The van der Waals surface area contributed by atoms with Gasteiger partial charge in [0.2, 0.25) is 16.9 Å². The van der Waals surface area contributed by atoms with Crippen molar-refractivity contribution in [2.45, 2.75) is 12.8 Å². The van der Waals surface area contributed by atoms with Crippen LogP contribution in [0.2, 0.25) is 5.02 Å². The standard InChI is InChI=1S/C35H38ClN3O11/c1-44-23-19-26(45-2)30-27(20-23)50-32(21-16-28(46-3)33(48-5)29(17-21)47-4)34(31(30)40)49-15-7-6-10-37-11-13-38(14-12-37)35(41)24-18-22(36)8-9-25(24)39(42)43/h8-9,16-20H,6-7,10-15H2,1-5H3. The number of amides is 1. The Balaban J connectivity index is 1.30. The van der Waals surface area contributed by atoms with Gasteiger partial charge in [0.25, 0.3) is 11.6 Å². The lowest BCUT2D eigenvalue weighted by Gasteiger charge is -2.34. The second-order valence-corrected chi connectivity index (χ2v) is 11.8. The van der Waals surface area contributed by atoms with E-state index in [1.807, 2.05) is 0 Å². The Labute approximate surface area is 293 Å². The number of benzene rings is 3. The summed E-state index contributed by atoms with van der Waals surface area (Å²) in [6.07, 6.45) is 1.35. The van der Waals surface area contributed by atoms with E-state index in [-0.39, 0.29) is 51.1 Å². The van der Waals surface area contributed by atoms with Crippen molar-refractivity contribution < 1.29 is 42.6 Å². The molecule has 5 rings (SSSR count). The molecule has 266 valence electrons. The van der Waals surface area contributed by atoms with Crippen LogP contribution in [0.1, 0.15) is 23.2 Å². The van der Waals surface area contributed by atoms with E-state index >= 15 is 0 Å². The van der Waals surface area contributed by atoms with Crippen molar-refractivity contribution in [2.24, 2.45) is 0 Å². The molecule has 0 unspecified atom stereocenters. The molecular formula is C35H38ClN3O11. The smallest absolute Gasteiger partial charge is 0.282 e. The van der Waals surface area contributed by atoms with Gasteiger partial charge in [0.05, 0.1) is 47.1 Å². The van der Waals surface area contributed by atoms with Gasteiger partial charge in [0.1, 0.15) is 28.0 Å². The number of rotatable bonds is 14. The molecule has 0 bridgehead atoms. The van der Waals surface area contributed by atoms with Gasteiger partial charge in [-0.25, -0.2) is 0 Å². The summed E-state index contributed by atoms with van der Waals surface area (Å²) in [6, 6.07) is 10.5. The lowest BCUT2D eigenvalue weighted by Crippen LogP contribution is -2.49. The number of unbranched alkanes of at least 4 members (excludes halogenated alkanes) is 1. The number of halogens is 1. The van der Waals surface area contributed by atoms with Gasteiger partial charge in [-0.1, -0.05) is 11.6 Å². The first-order valence-corrected chi connectivity index (χ1v) is 16.1. The van der Waals surface area contributed by atoms with Crippen molar-refractivity contribution in [3.63, 3.8) is 0 Å². The first-order valence-electron chi connectivity index (χ1n) is 15.8. The van der Waals surface area contributed by atoms with E-state index in [0.717, 1.165) is 13.0 Å². The van der Waals surface area contributed by atoms with Crippen molar-refractivity contribution >= 4 is 34.2 Å². The van der Waals surface area contributed by atoms with Crippen LogP contribution in [0.25, 0.3) is 22.3 Å². The number of fused-ring (bicyclic) bond motifs is 1. The Bertz CT molecular complexity index is 1910. The fourth-order valence-electron chi connectivity index (χ4n) is 5.85. The lowest BCUT2D eigenvalue weighted by atomic mass is 10.1. The van der Waals surface area contributed by atoms with Gasteiger partial charge >= 0.3 is 0 Å². The van der Waals surface area contributed by atoms with E-state index in [0.29, 0.717) is 61.2 Å². The highest BCUT2D eigenvalue weighted by Crippen LogP contribution is 2.44. The third-order valence-corrected chi connectivity index (χ3v) is 8.67. The zero-order valence-electron chi connectivity index (χ0n) is 28.4. The Morgan fingerprint density at radius 3 is 2.14 bits per heavy atom. The van der Waals surface area contributed by atoms with Crippen LogP contribution < -0.4 is 33.8 Å². The second-order valence-electron chi connectivity index (χ2n) is 11.3. The minimum Gasteiger partial charge on any atom is -0.496 e. The Kier molecular flexibility index (Phi) is 11.5. The molecule has 0 radical (unpaired) electrons. The Hall–Kier alpha value is -5.21. The molecule has 4 aromatic rings. The molecule has 0 atom stereocenters. The number of carbonyl (C=O) groups excluding carboxylic acids is 1. The van der Waals surface area contributed by atoms with Gasteiger partial charge in [-0.3, -0.25) is 24.6 Å². The van der Waals surface area contributed by atoms with Crippen LogP contribution in [0.5, 0.6) is 34.5 Å². The summed E-state index contributed by atoms with van der Waals surface area (Å²) in [4.78, 5) is 41.8. The molecule has 15 heteroatoms. The molecule has 0 saturated carbocycles. The molecule has 1 saturated heterocycles. The van der Waals surface area contributed by atoms with Crippen LogP contribution in [0.3, 0.4) is 0 Å². The van der Waals surface area contributed by atoms with Crippen LogP contribution >= 0.6 is 11.6 Å². The van der Waals surface area contributed by atoms with Crippen molar-refractivity contribution in [3.8, 4) is 45.8 Å². The quantitative estimate of drug-likeness (QED) is 0.0899. The Morgan fingerprint density at radius 2 is 1.54 bits per heavy atom. The van der Waals surface area contributed by atoms with E-state index in [9.17, 15) is 19.7 Å². The van der Waals surface area contributed by atoms with Crippen molar-refractivity contribution in [3.05, 3.63) is 73.4 Å². The van der Waals surface area contributed by atoms with Crippen LogP contribution in [-0.4, -0.2) is 95.5 Å². The monoisotopic (exact) mass is 711 g/mol. The summed E-state index contributed by atoms with van der Waals surface area (Å²) in [5.74, 6) is 1.58. The minimum atomic E-state index is -0.578. The van der Waals surface area contributed by atoms with E-state index in [4.69, 9.17) is 44.4 Å². The molecule has 0 spiro atoms. The molecule has 14 nitrogen and oxygen atoms in total. The first kappa shape index (κ1) is 36.1. The van der Waals surface area contributed by atoms with Crippen LogP contribution in [-0.2, 0) is 0 Å². The van der Waals surface area contributed by atoms with Gasteiger partial charge in [-0.15, -0.1) is 0 Å². The predicted molar refractivity (Wildman–Crippen MR) is 186 cm³/mol. The fourth-order valence-corrected chi connectivity index (χ4v) is 6.02.